The number of halogens is 7. The van der Waals surface area contributed by atoms with Crippen LogP contribution >= 0.6 is 0 Å². The first kappa shape index (κ1) is 16.5. The van der Waals surface area contributed by atoms with Crippen molar-refractivity contribution in [2.75, 3.05) is 6.61 Å². The molecule has 0 aromatic heterocycles. The molecule has 0 bridgehead atoms. The van der Waals surface area contributed by atoms with E-state index < -0.39 is 35.8 Å². The lowest BCUT2D eigenvalue weighted by molar-refractivity contribution is -0.405. The monoisotopic (exact) mass is 283 g/mol. The molecule has 0 fully saturated rings. The number of carbonyl (C=O) groups excluding carboxylic acids is 1. The first-order valence-electron chi connectivity index (χ1n) is 4.26. The zero-order valence-corrected chi connectivity index (χ0v) is 8.65. The molecule has 0 saturated heterocycles. The van der Waals surface area contributed by atoms with E-state index in [4.69, 9.17) is 0 Å². The lowest BCUT2D eigenvalue weighted by Crippen LogP contribution is -2.55. The Labute approximate surface area is 95.8 Å². The third-order valence-corrected chi connectivity index (χ3v) is 1.60. The first-order valence-corrected chi connectivity index (χ1v) is 4.26. The molecule has 18 heavy (non-hydrogen) atoms. The number of carbonyl (C=O) groups is 1. The van der Waals surface area contributed by atoms with Gasteiger partial charge in [0.25, 0.3) is 0 Å². The van der Waals surface area contributed by atoms with Crippen molar-refractivity contribution >= 4 is 5.97 Å². The van der Waals surface area contributed by atoms with Crippen molar-refractivity contribution in [2.45, 2.75) is 24.9 Å². The number of ether oxygens (including phenoxy) is 1. The topological polar surface area (TPSA) is 49.4 Å². The normalized spacial score (nSPS) is 14.6. The second kappa shape index (κ2) is 5.02. The zero-order valence-electron chi connectivity index (χ0n) is 8.65. The predicted octanol–water partition coefficient (Wildman–Crippen LogP) is 1.63. The minimum atomic E-state index is -6.63. The summed E-state index contributed by atoms with van der Waals surface area (Å²) in [6.07, 6.45) is -7.28. The Bertz CT molecular complexity index is 345. The molecule has 0 aromatic carbocycles. The van der Waals surface area contributed by atoms with E-state index in [1.165, 1.54) is 6.92 Å². The molecule has 10 heteroatoms. The van der Waals surface area contributed by atoms with Gasteiger partial charge in [-0.15, -0.1) is 0 Å². The highest BCUT2D eigenvalue weighted by Gasteiger charge is 2.72. The lowest BCUT2D eigenvalue weighted by Gasteiger charge is -2.32. The van der Waals surface area contributed by atoms with Crippen molar-refractivity contribution in [1.29, 1.82) is 0 Å². The maximum absolute atomic E-state index is 12.6. The molecule has 0 aliphatic carbocycles. The third-order valence-electron chi connectivity index (χ3n) is 1.60. The number of hydrogen-bond acceptors (Lipinski definition) is 3. The summed E-state index contributed by atoms with van der Waals surface area (Å²) in [6.45, 7) is 0.836. The number of allylic oxidation sites excluding steroid dienone is 1. The maximum Gasteiger partial charge on any atom is 0.460 e. The minimum absolute atomic E-state index is 0.371. The molecular weight excluding hydrogens is 277 g/mol. The molecule has 0 spiro atoms. The summed E-state index contributed by atoms with van der Waals surface area (Å²) < 4.78 is 88.8. The first-order chi connectivity index (χ1) is 7.88. The Morgan fingerprint density at radius 3 is 1.94 bits per heavy atom. The van der Waals surface area contributed by atoms with Gasteiger partial charge >= 0.3 is 24.0 Å². The average Bonchev–Trinajstić information content (AvgIpc) is 2.15. The van der Waals surface area contributed by atoms with Crippen molar-refractivity contribution in [2.24, 2.45) is 0 Å². The molecule has 0 rings (SSSR count). The molecule has 0 unspecified atom stereocenters. The van der Waals surface area contributed by atoms with Gasteiger partial charge in [-0.3, -0.25) is 0 Å². The molecule has 0 atom stereocenters. The smallest absolute Gasteiger partial charge is 0.460 e. The Kier molecular flexibility index (Phi) is 4.61. The number of alkyl halides is 7. The average molecular weight is 283 g/mol. The summed E-state index contributed by atoms with van der Waals surface area (Å²) in [5.41, 5.74) is 0. The van der Waals surface area contributed by atoms with E-state index in [-0.39, 0.29) is 6.61 Å². The van der Waals surface area contributed by atoms with Gasteiger partial charge in [0.1, 0.15) is 0 Å². The van der Waals surface area contributed by atoms with Crippen LogP contribution in [0.1, 0.15) is 6.92 Å². The van der Waals surface area contributed by atoms with Crippen LogP contribution in [-0.4, -0.2) is 30.6 Å². The van der Waals surface area contributed by atoms with Gasteiger partial charge in [0, 0.05) is 6.08 Å². The van der Waals surface area contributed by atoms with Crippen molar-refractivity contribution in [3.63, 3.8) is 0 Å². The van der Waals surface area contributed by atoms with Crippen LogP contribution in [0.25, 0.3) is 0 Å². The molecular formula is C8H6F7O3-. The Balaban J connectivity index is 5.33. The van der Waals surface area contributed by atoms with Crippen LogP contribution in [0, 0.1) is 0 Å². The summed E-state index contributed by atoms with van der Waals surface area (Å²) in [5, 5.41) is 10.6. The van der Waals surface area contributed by atoms with E-state index in [1.54, 1.807) is 0 Å². The third kappa shape index (κ3) is 3.05. The van der Waals surface area contributed by atoms with Crippen LogP contribution in [0.15, 0.2) is 11.8 Å². The zero-order chi connectivity index (χ0) is 14.8. The molecule has 0 aliphatic heterocycles. The Morgan fingerprint density at radius 1 is 1.17 bits per heavy atom. The van der Waals surface area contributed by atoms with E-state index in [1.807, 2.05) is 0 Å². The van der Waals surface area contributed by atoms with Gasteiger partial charge in [0.2, 0.25) is 0 Å². The summed E-state index contributed by atoms with van der Waals surface area (Å²) in [4.78, 5) is 10.5. The van der Waals surface area contributed by atoms with Crippen LogP contribution < -0.4 is 5.11 Å². The Morgan fingerprint density at radius 2 is 1.61 bits per heavy atom. The Hall–Kier alpha value is -1.48. The van der Waals surface area contributed by atoms with Crippen molar-refractivity contribution in [3.8, 4) is 0 Å². The molecule has 0 radical (unpaired) electrons. The van der Waals surface area contributed by atoms with E-state index in [0.717, 1.165) is 0 Å². The number of hydrogen-bond donors (Lipinski definition) is 0. The van der Waals surface area contributed by atoms with Crippen molar-refractivity contribution in [3.05, 3.63) is 11.8 Å². The van der Waals surface area contributed by atoms with Gasteiger partial charge < -0.3 is 9.84 Å². The molecule has 0 heterocycles. The summed E-state index contributed by atoms with van der Waals surface area (Å²) >= 11 is 0. The molecule has 0 aliphatic rings. The fourth-order valence-electron chi connectivity index (χ4n) is 0.714. The van der Waals surface area contributed by atoms with Crippen molar-refractivity contribution in [1.82, 2.24) is 0 Å². The number of esters is 1. The second-order valence-electron chi connectivity index (χ2n) is 2.91. The standard InChI is InChI=1S/C8H7F7O3/c1-2-18-5(17)3-4(16)6(9,10)7(11,12)8(13,14)15/h3,16H,2H2,1H3/p-1. The molecule has 0 aromatic rings. The van der Waals surface area contributed by atoms with Gasteiger partial charge in [-0.25, -0.2) is 4.79 Å². The van der Waals surface area contributed by atoms with Gasteiger partial charge in [-0.1, -0.05) is 0 Å². The molecule has 0 N–H and O–H groups in total. The van der Waals surface area contributed by atoms with Gasteiger partial charge in [0.15, 0.2) is 0 Å². The van der Waals surface area contributed by atoms with E-state index in [2.05, 4.69) is 4.74 Å². The molecule has 106 valence electrons. The predicted molar refractivity (Wildman–Crippen MR) is 40.7 cm³/mol. The quantitative estimate of drug-likeness (QED) is 0.341. The van der Waals surface area contributed by atoms with Crippen molar-refractivity contribution < 1.29 is 45.4 Å². The largest absolute Gasteiger partial charge is 0.871 e. The van der Waals surface area contributed by atoms with Crippen LogP contribution in [0.2, 0.25) is 0 Å². The summed E-state index contributed by atoms with van der Waals surface area (Å²) in [7, 11) is 0. The van der Waals surface area contributed by atoms with Gasteiger partial charge in [0.05, 0.1) is 6.61 Å². The fourth-order valence-corrected chi connectivity index (χ4v) is 0.714. The summed E-state index contributed by atoms with van der Waals surface area (Å²) in [6, 6.07) is 0. The van der Waals surface area contributed by atoms with Crippen LogP contribution in [0.3, 0.4) is 0 Å². The lowest BCUT2D eigenvalue weighted by atomic mass is 10.1. The van der Waals surface area contributed by atoms with E-state index in [9.17, 15) is 40.6 Å². The molecule has 3 nitrogen and oxygen atoms in total. The highest BCUT2D eigenvalue weighted by Crippen LogP contribution is 2.48. The van der Waals surface area contributed by atoms with Gasteiger partial charge in [-0.05, 0) is 12.7 Å². The SMILES string of the molecule is CCOC(=O)C=C([O-])C(F)(F)C(F)(F)C(F)(F)F. The van der Waals surface area contributed by atoms with Crippen LogP contribution in [-0.2, 0) is 9.53 Å². The molecule has 0 amide bonds. The number of rotatable bonds is 4. The van der Waals surface area contributed by atoms with Crippen LogP contribution in [0.4, 0.5) is 30.7 Å². The minimum Gasteiger partial charge on any atom is -0.871 e. The van der Waals surface area contributed by atoms with E-state index >= 15 is 0 Å². The fraction of sp³-hybridized carbons (Fsp3) is 0.625. The van der Waals surface area contributed by atoms with Gasteiger partial charge in [-0.2, -0.15) is 30.7 Å². The van der Waals surface area contributed by atoms with E-state index in [0.29, 0.717) is 0 Å². The highest BCUT2D eigenvalue weighted by atomic mass is 19.4. The second-order valence-corrected chi connectivity index (χ2v) is 2.91. The highest BCUT2D eigenvalue weighted by molar-refractivity contribution is 5.82. The maximum atomic E-state index is 12.6. The molecule has 0 saturated carbocycles. The summed E-state index contributed by atoms with van der Waals surface area (Å²) in [5.74, 6) is -17.4. The van der Waals surface area contributed by atoms with Crippen LogP contribution in [0.5, 0.6) is 0 Å².